The summed E-state index contributed by atoms with van der Waals surface area (Å²) >= 11 is 0. The Bertz CT molecular complexity index is 675. The summed E-state index contributed by atoms with van der Waals surface area (Å²) in [5, 5.41) is 3.47. The molecule has 1 aromatic rings. The van der Waals surface area contributed by atoms with Crippen molar-refractivity contribution in [1.29, 1.82) is 0 Å². The molecule has 5 nitrogen and oxygen atoms in total. The molecule has 1 N–H and O–H groups in total. The molecule has 2 aliphatic heterocycles. The quantitative estimate of drug-likeness (QED) is 0.678. The van der Waals surface area contributed by atoms with Gasteiger partial charge in [-0.2, -0.15) is 0 Å². The fourth-order valence-corrected chi connectivity index (χ4v) is 3.59. The smallest absolute Gasteiger partial charge is 0.227 e. The molecule has 0 unspecified atom stereocenters. The van der Waals surface area contributed by atoms with Crippen LogP contribution in [0.5, 0.6) is 0 Å². The zero-order valence-electron chi connectivity index (χ0n) is 16.1. The molecule has 0 aromatic heterocycles. The van der Waals surface area contributed by atoms with Crippen molar-refractivity contribution >= 4 is 17.6 Å². The monoisotopic (exact) mass is 342 g/mol. The van der Waals surface area contributed by atoms with Gasteiger partial charge in [0.25, 0.3) is 0 Å². The van der Waals surface area contributed by atoms with E-state index in [1.807, 2.05) is 24.1 Å². The predicted molar refractivity (Wildman–Crippen MR) is 103 cm³/mol. The van der Waals surface area contributed by atoms with E-state index in [2.05, 4.69) is 55.0 Å². The Morgan fingerprint density at radius 2 is 1.88 bits per heavy atom. The molecule has 136 valence electrons. The van der Waals surface area contributed by atoms with E-state index in [9.17, 15) is 4.79 Å². The maximum atomic E-state index is 11.8. The molecule has 0 radical (unpaired) electrons. The number of guanidine groups is 1. The summed E-state index contributed by atoms with van der Waals surface area (Å²) < 4.78 is 0. The van der Waals surface area contributed by atoms with E-state index in [1.165, 1.54) is 5.56 Å². The largest absolute Gasteiger partial charge is 0.352 e. The number of hydrogen-bond donors (Lipinski definition) is 1. The number of nitrogens with zero attached hydrogens (tertiary/aromatic N) is 3. The van der Waals surface area contributed by atoms with Crippen molar-refractivity contribution in [3.8, 4) is 0 Å². The van der Waals surface area contributed by atoms with Crippen LogP contribution in [0.4, 0.5) is 5.69 Å². The van der Waals surface area contributed by atoms with Crippen molar-refractivity contribution < 1.29 is 4.79 Å². The van der Waals surface area contributed by atoms with Crippen molar-refractivity contribution in [2.24, 2.45) is 10.4 Å². The number of carbonyl (C=O) groups excluding carboxylic acids is 1. The molecule has 5 heteroatoms. The van der Waals surface area contributed by atoms with Crippen LogP contribution in [0.25, 0.3) is 0 Å². The molecule has 2 heterocycles. The molecule has 1 amide bonds. The van der Waals surface area contributed by atoms with Crippen molar-refractivity contribution in [2.45, 2.75) is 52.6 Å². The summed E-state index contributed by atoms with van der Waals surface area (Å²) in [7, 11) is 1.84. The van der Waals surface area contributed by atoms with Crippen LogP contribution in [0.3, 0.4) is 0 Å². The maximum absolute atomic E-state index is 11.8. The molecule has 0 bridgehead atoms. The van der Waals surface area contributed by atoms with Gasteiger partial charge in [0.05, 0.1) is 0 Å². The van der Waals surface area contributed by atoms with E-state index in [1.54, 1.807) is 0 Å². The van der Waals surface area contributed by atoms with Crippen molar-refractivity contribution in [3.05, 3.63) is 29.8 Å². The number of carbonyl (C=O) groups is 1. The first-order chi connectivity index (χ1) is 11.8. The van der Waals surface area contributed by atoms with Crippen LogP contribution in [-0.2, 0) is 11.3 Å². The summed E-state index contributed by atoms with van der Waals surface area (Å²) in [6, 6.07) is 8.26. The molecule has 2 fully saturated rings. The third kappa shape index (κ3) is 3.12. The molecular formula is C20H30N4O. The third-order valence-corrected chi connectivity index (χ3v) is 6.12. The maximum Gasteiger partial charge on any atom is 0.227 e. The van der Waals surface area contributed by atoms with Gasteiger partial charge in [-0.15, -0.1) is 0 Å². The van der Waals surface area contributed by atoms with Crippen LogP contribution in [0.2, 0.25) is 0 Å². The van der Waals surface area contributed by atoms with E-state index < -0.39 is 0 Å². The SMILES string of the molecule is CN=C(NCc1ccc(N2CCCC2=O)cc1)N1CC(C)(C)C1(C)C. The lowest BCUT2D eigenvalue weighted by Crippen LogP contribution is -2.72. The lowest BCUT2D eigenvalue weighted by molar-refractivity contribution is -0.117. The molecule has 25 heavy (non-hydrogen) atoms. The Morgan fingerprint density at radius 3 is 2.36 bits per heavy atom. The molecule has 0 saturated carbocycles. The summed E-state index contributed by atoms with van der Waals surface area (Å²) in [5.74, 6) is 1.18. The van der Waals surface area contributed by atoms with Crippen molar-refractivity contribution in [1.82, 2.24) is 10.2 Å². The van der Waals surface area contributed by atoms with Crippen LogP contribution in [0.15, 0.2) is 29.3 Å². The molecule has 1 aromatic carbocycles. The van der Waals surface area contributed by atoms with E-state index in [4.69, 9.17) is 0 Å². The topological polar surface area (TPSA) is 47.9 Å². The van der Waals surface area contributed by atoms with Crippen LogP contribution < -0.4 is 10.2 Å². The summed E-state index contributed by atoms with van der Waals surface area (Å²) in [6.07, 6.45) is 1.63. The van der Waals surface area contributed by atoms with Crippen LogP contribution in [-0.4, -0.2) is 42.4 Å². The minimum atomic E-state index is 0.0921. The number of hydrogen-bond acceptors (Lipinski definition) is 2. The second-order valence-corrected chi connectivity index (χ2v) is 8.25. The average molecular weight is 342 g/mol. The minimum Gasteiger partial charge on any atom is -0.352 e. The molecule has 0 spiro atoms. The number of likely N-dealkylation sites (tertiary alicyclic amines) is 1. The molecule has 3 rings (SSSR count). The van der Waals surface area contributed by atoms with E-state index >= 15 is 0 Å². The highest BCUT2D eigenvalue weighted by atomic mass is 16.2. The number of aliphatic imine (C=N–C) groups is 1. The van der Waals surface area contributed by atoms with Gasteiger partial charge in [0, 0.05) is 49.7 Å². The molecule has 0 aliphatic carbocycles. The van der Waals surface area contributed by atoms with Gasteiger partial charge in [0.1, 0.15) is 0 Å². The van der Waals surface area contributed by atoms with Crippen LogP contribution in [0.1, 0.15) is 46.1 Å². The van der Waals surface area contributed by atoms with Gasteiger partial charge >= 0.3 is 0 Å². The first kappa shape index (κ1) is 17.8. The standard InChI is InChI=1S/C20H30N4O/c1-19(2)14-24(20(19,3)4)18(21-5)22-13-15-8-10-16(11-9-15)23-12-6-7-17(23)25/h8-11H,6-7,12-14H2,1-5H3,(H,21,22). The summed E-state index contributed by atoms with van der Waals surface area (Å²) in [4.78, 5) is 20.5. The number of rotatable bonds is 3. The Labute approximate surface area is 151 Å². The van der Waals surface area contributed by atoms with Crippen LogP contribution in [0, 0.1) is 5.41 Å². The van der Waals surface area contributed by atoms with Crippen LogP contribution >= 0.6 is 0 Å². The third-order valence-electron chi connectivity index (χ3n) is 6.12. The highest BCUT2D eigenvalue weighted by Gasteiger charge is 2.53. The second-order valence-electron chi connectivity index (χ2n) is 8.25. The molecular weight excluding hydrogens is 312 g/mol. The van der Waals surface area contributed by atoms with Gasteiger partial charge in [0.15, 0.2) is 5.96 Å². The number of nitrogens with one attached hydrogen (secondary N) is 1. The van der Waals surface area contributed by atoms with E-state index in [0.29, 0.717) is 6.42 Å². The first-order valence-corrected chi connectivity index (χ1v) is 9.14. The highest BCUT2D eigenvalue weighted by Crippen LogP contribution is 2.46. The Balaban J connectivity index is 1.60. The van der Waals surface area contributed by atoms with Gasteiger partial charge in [-0.3, -0.25) is 9.79 Å². The fourth-order valence-electron chi connectivity index (χ4n) is 3.59. The Kier molecular flexibility index (Phi) is 4.52. The van der Waals surface area contributed by atoms with Crippen molar-refractivity contribution in [3.63, 3.8) is 0 Å². The van der Waals surface area contributed by atoms with Gasteiger partial charge < -0.3 is 15.1 Å². The van der Waals surface area contributed by atoms with E-state index in [0.717, 1.165) is 37.7 Å². The number of benzene rings is 1. The fraction of sp³-hybridized carbons (Fsp3) is 0.600. The molecule has 2 aliphatic rings. The molecule has 2 saturated heterocycles. The lowest BCUT2D eigenvalue weighted by Gasteiger charge is -2.62. The predicted octanol–water partition coefficient (Wildman–Crippen LogP) is 3.01. The summed E-state index contributed by atoms with van der Waals surface area (Å²) in [5.41, 5.74) is 2.57. The summed E-state index contributed by atoms with van der Waals surface area (Å²) in [6.45, 7) is 11.7. The minimum absolute atomic E-state index is 0.0921. The number of amides is 1. The first-order valence-electron chi connectivity index (χ1n) is 9.14. The normalized spacial score (nSPS) is 22.1. The van der Waals surface area contributed by atoms with Gasteiger partial charge in [-0.1, -0.05) is 26.0 Å². The van der Waals surface area contributed by atoms with Gasteiger partial charge in [-0.05, 0) is 38.0 Å². The van der Waals surface area contributed by atoms with Gasteiger partial charge in [0.2, 0.25) is 5.91 Å². The highest BCUT2D eigenvalue weighted by molar-refractivity contribution is 5.95. The Hall–Kier alpha value is -2.04. The average Bonchev–Trinajstić information content (AvgIpc) is 3.01. The zero-order chi connectivity index (χ0) is 18.2. The zero-order valence-corrected chi connectivity index (χ0v) is 16.1. The number of anilines is 1. The van der Waals surface area contributed by atoms with Crippen molar-refractivity contribution in [2.75, 3.05) is 25.0 Å². The Morgan fingerprint density at radius 1 is 1.20 bits per heavy atom. The van der Waals surface area contributed by atoms with Gasteiger partial charge in [-0.25, -0.2) is 0 Å². The molecule has 0 atom stereocenters. The lowest BCUT2D eigenvalue weighted by atomic mass is 9.65. The second kappa shape index (κ2) is 6.36. The van der Waals surface area contributed by atoms with E-state index in [-0.39, 0.29) is 16.9 Å².